The molecule has 2 amide bonds. The SMILES string of the molecule is CC1CCN(c2ccc(NC(=O)C3CCC(=O)N3S(C)(=O)=O)cc2)CC1. The van der Waals surface area contributed by atoms with E-state index in [1.807, 2.05) is 24.3 Å². The minimum Gasteiger partial charge on any atom is -0.372 e. The Labute approximate surface area is 154 Å². The zero-order chi connectivity index (χ0) is 18.9. The van der Waals surface area contributed by atoms with E-state index in [1.54, 1.807) is 0 Å². The summed E-state index contributed by atoms with van der Waals surface area (Å²) in [4.78, 5) is 26.6. The molecule has 0 aromatic heterocycles. The largest absolute Gasteiger partial charge is 0.372 e. The number of anilines is 2. The van der Waals surface area contributed by atoms with Crippen LogP contribution >= 0.6 is 0 Å². The molecule has 1 N–H and O–H groups in total. The molecule has 26 heavy (non-hydrogen) atoms. The smallest absolute Gasteiger partial charge is 0.248 e. The lowest BCUT2D eigenvalue weighted by Crippen LogP contribution is -2.44. The van der Waals surface area contributed by atoms with Crippen molar-refractivity contribution in [3.63, 3.8) is 0 Å². The van der Waals surface area contributed by atoms with Crippen LogP contribution in [-0.2, 0) is 19.6 Å². The molecule has 142 valence electrons. The van der Waals surface area contributed by atoms with Gasteiger partial charge >= 0.3 is 0 Å². The first-order valence-corrected chi connectivity index (χ1v) is 10.8. The second-order valence-corrected chi connectivity index (χ2v) is 9.07. The number of rotatable bonds is 4. The summed E-state index contributed by atoms with van der Waals surface area (Å²) in [5.41, 5.74) is 1.71. The van der Waals surface area contributed by atoms with Gasteiger partial charge in [0.1, 0.15) is 6.04 Å². The highest BCUT2D eigenvalue weighted by molar-refractivity contribution is 7.89. The summed E-state index contributed by atoms with van der Waals surface area (Å²) in [5.74, 6) is -0.236. The summed E-state index contributed by atoms with van der Waals surface area (Å²) < 4.78 is 24.2. The number of benzene rings is 1. The molecule has 0 bridgehead atoms. The first-order chi connectivity index (χ1) is 12.3. The van der Waals surface area contributed by atoms with Crippen molar-refractivity contribution in [1.29, 1.82) is 0 Å². The monoisotopic (exact) mass is 379 g/mol. The maximum absolute atomic E-state index is 12.5. The van der Waals surface area contributed by atoms with Gasteiger partial charge in [0.05, 0.1) is 6.26 Å². The maximum Gasteiger partial charge on any atom is 0.248 e. The number of carbonyl (C=O) groups is 2. The number of nitrogens with one attached hydrogen (secondary N) is 1. The third-order valence-corrected chi connectivity index (χ3v) is 6.28. The van der Waals surface area contributed by atoms with Gasteiger partial charge in [-0.15, -0.1) is 0 Å². The second-order valence-electron chi connectivity index (χ2n) is 7.21. The quantitative estimate of drug-likeness (QED) is 0.862. The Kier molecular flexibility index (Phi) is 5.22. The van der Waals surface area contributed by atoms with Crippen LogP contribution in [0.2, 0.25) is 0 Å². The average Bonchev–Trinajstić information content (AvgIpc) is 2.98. The van der Waals surface area contributed by atoms with Crippen molar-refractivity contribution >= 4 is 33.2 Å². The van der Waals surface area contributed by atoms with Gasteiger partial charge in [-0.1, -0.05) is 6.92 Å². The van der Waals surface area contributed by atoms with Crippen molar-refractivity contribution in [2.75, 3.05) is 29.6 Å². The van der Waals surface area contributed by atoms with Crippen molar-refractivity contribution in [3.05, 3.63) is 24.3 Å². The third-order valence-electron chi connectivity index (χ3n) is 5.10. The van der Waals surface area contributed by atoms with Gasteiger partial charge in [-0.3, -0.25) is 9.59 Å². The molecule has 0 spiro atoms. The molecular weight excluding hydrogens is 354 g/mol. The predicted octanol–water partition coefficient (Wildman–Crippen LogP) is 1.81. The van der Waals surface area contributed by atoms with E-state index in [0.717, 1.165) is 31.0 Å². The lowest BCUT2D eigenvalue weighted by Gasteiger charge is -2.32. The molecule has 1 aromatic carbocycles. The van der Waals surface area contributed by atoms with Crippen molar-refractivity contribution in [2.24, 2.45) is 5.92 Å². The lowest BCUT2D eigenvalue weighted by atomic mass is 9.99. The van der Waals surface area contributed by atoms with Crippen LogP contribution in [-0.4, -0.2) is 49.9 Å². The van der Waals surface area contributed by atoms with E-state index in [0.29, 0.717) is 9.99 Å². The zero-order valence-electron chi connectivity index (χ0n) is 15.1. The van der Waals surface area contributed by atoms with Gasteiger partial charge in [-0.2, -0.15) is 0 Å². The Morgan fingerprint density at radius 3 is 2.31 bits per heavy atom. The number of amides is 2. The van der Waals surface area contributed by atoms with E-state index in [2.05, 4.69) is 17.1 Å². The van der Waals surface area contributed by atoms with Crippen molar-refractivity contribution in [2.45, 2.75) is 38.6 Å². The van der Waals surface area contributed by atoms with Gasteiger partial charge < -0.3 is 10.2 Å². The van der Waals surface area contributed by atoms with Crippen molar-refractivity contribution < 1.29 is 18.0 Å². The molecule has 2 aliphatic heterocycles. The van der Waals surface area contributed by atoms with E-state index >= 15 is 0 Å². The molecule has 8 heteroatoms. The van der Waals surface area contributed by atoms with Crippen LogP contribution in [0.4, 0.5) is 11.4 Å². The third kappa shape index (κ3) is 4.00. The highest BCUT2D eigenvalue weighted by Crippen LogP contribution is 2.26. The number of nitrogens with zero attached hydrogens (tertiary/aromatic N) is 2. The average molecular weight is 379 g/mol. The van der Waals surface area contributed by atoms with E-state index < -0.39 is 27.9 Å². The number of carbonyl (C=O) groups excluding carboxylic acids is 2. The first-order valence-electron chi connectivity index (χ1n) is 8.94. The van der Waals surface area contributed by atoms with Crippen LogP contribution in [0.5, 0.6) is 0 Å². The van der Waals surface area contributed by atoms with Crippen molar-refractivity contribution in [3.8, 4) is 0 Å². The molecule has 7 nitrogen and oxygen atoms in total. The Bertz CT molecular complexity index is 783. The Balaban J connectivity index is 1.65. The summed E-state index contributed by atoms with van der Waals surface area (Å²) in [6, 6.07) is 6.57. The minimum absolute atomic E-state index is 0.0669. The van der Waals surface area contributed by atoms with Crippen LogP contribution in [0.25, 0.3) is 0 Å². The van der Waals surface area contributed by atoms with E-state index in [1.165, 1.54) is 12.8 Å². The van der Waals surface area contributed by atoms with E-state index in [4.69, 9.17) is 0 Å². The lowest BCUT2D eigenvalue weighted by molar-refractivity contribution is -0.128. The van der Waals surface area contributed by atoms with Crippen LogP contribution in [0.15, 0.2) is 24.3 Å². The summed E-state index contributed by atoms with van der Waals surface area (Å²) in [5, 5.41) is 2.73. The van der Waals surface area contributed by atoms with E-state index in [-0.39, 0.29) is 12.8 Å². The van der Waals surface area contributed by atoms with Crippen LogP contribution in [0, 0.1) is 5.92 Å². The van der Waals surface area contributed by atoms with Gasteiger partial charge in [-0.25, -0.2) is 12.7 Å². The molecule has 1 unspecified atom stereocenters. The topological polar surface area (TPSA) is 86.8 Å². The van der Waals surface area contributed by atoms with Gasteiger partial charge in [0.15, 0.2) is 0 Å². The molecule has 0 saturated carbocycles. The minimum atomic E-state index is -3.75. The second kappa shape index (κ2) is 7.26. The molecule has 2 heterocycles. The highest BCUT2D eigenvalue weighted by atomic mass is 32.2. The number of hydrogen-bond donors (Lipinski definition) is 1. The fourth-order valence-corrected chi connectivity index (χ4v) is 4.69. The number of hydrogen-bond acceptors (Lipinski definition) is 5. The summed E-state index contributed by atoms with van der Waals surface area (Å²) in [6.07, 6.45) is 3.58. The fourth-order valence-electron chi connectivity index (χ4n) is 3.56. The molecule has 2 saturated heterocycles. The molecular formula is C18H25N3O4S. The highest BCUT2D eigenvalue weighted by Gasteiger charge is 2.41. The fraction of sp³-hybridized carbons (Fsp3) is 0.556. The van der Waals surface area contributed by atoms with Gasteiger partial charge in [0.2, 0.25) is 21.8 Å². The molecule has 2 aliphatic rings. The summed E-state index contributed by atoms with van der Waals surface area (Å²) in [6.45, 7) is 4.32. The first kappa shape index (κ1) is 18.7. The van der Waals surface area contributed by atoms with Crippen LogP contribution in [0.3, 0.4) is 0 Å². The Morgan fingerprint density at radius 2 is 1.73 bits per heavy atom. The molecule has 0 radical (unpaired) electrons. The molecule has 2 fully saturated rings. The molecule has 3 rings (SSSR count). The predicted molar refractivity (Wildman–Crippen MR) is 100 cm³/mol. The number of piperidine rings is 1. The van der Waals surface area contributed by atoms with Crippen molar-refractivity contribution in [1.82, 2.24) is 4.31 Å². The number of sulfonamides is 1. The standard InChI is InChI=1S/C18H25N3O4S/c1-13-9-11-20(12-10-13)15-5-3-14(4-6-15)19-18(23)16-7-8-17(22)21(16)26(2,24)25/h3-6,13,16H,7-12H2,1-2H3,(H,19,23). The normalized spacial score (nSPS) is 21.9. The van der Waals surface area contributed by atoms with Crippen LogP contribution < -0.4 is 10.2 Å². The van der Waals surface area contributed by atoms with Gasteiger partial charge in [0, 0.05) is 30.9 Å². The van der Waals surface area contributed by atoms with Gasteiger partial charge in [-0.05, 0) is 49.4 Å². The zero-order valence-corrected chi connectivity index (χ0v) is 16.0. The molecule has 0 aliphatic carbocycles. The molecule has 1 atom stereocenters. The van der Waals surface area contributed by atoms with Crippen LogP contribution in [0.1, 0.15) is 32.6 Å². The maximum atomic E-state index is 12.5. The van der Waals surface area contributed by atoms with Gasteiger partial charge in [0.25, 0.3) is 0 Å². The summed E-state index contributed by atoms with van der Waals surface area (Å²) >= 11 is 0. The van der Waals surface area contributed by atoms with E-state index in [9.17, 15) is 18.0 Å². The summed E-state index contributed by atoms with van der Waals surface area (Å²) in [7, 11) is -3.75. The Morgan fingerprint density at radius 1 is 1.12 bits per heavy atom. The molecule has 1 aromatic rings. The Hall–Kier alpha value is -2.09.